The molecule has 2 unspecified atom stereocenters. The molecule has 0 saturated heterocycles. The van der Waals surface area contributed by atoms with Crippen molar-refractivity contribution < 1.29 is 0 Å². The van der Waals surface area contributed by atoms with Crippen molar-refractivity contribution in [1.82, 2.24) is 14.8 Å². The van der Waals surface area contributed by atoms with Crippen LogP contribution in [0.2, 0.25) is 0 Å². The van der Waals surface area contributed by atoms with Gasteiger partial charge in [0.05, 0.1) is 5.69 Å². The molecule has 0 aliphatic heterocycles. The fraction of sp³-hybridized carbons (Fsp3) is 0.500. The van der Waals surface area contributed by atoms with Crippen molar-refractivity contribution >= 4 is 5.69 Å². The predicted molar refractivity (Wildman–Crippen MR) is 83.1 cm³/mol. The maximum absolute atomic E-state index is 3.85. The molecule has 0 radical (unpaired) electrons. The lowest BCUT2D eigenvalue weighted by Crippen LogP contribution is -2.21. The molecule has 2 rings (SSSR count). The molecule has 20 heavy (non-hydrogen) atoms. The van der Waals surface area contributed by atoms with E-state index in [-0.39, 0.29) is 0 Å². The molecule has 2 atom stereocenters. The Morgan fingerprint density at radius 2 is 1.90 bits per heavy atom. The summed E-state index contributed by atoms with van der Waals surface area (Å²) in [6.07, 6.45) is 7.02. The molecule has 1 heterocycles. The van der Waals surface area contributed by atoms with Crippen LogP contribution >= 0.6 is 0 Å². The SMILES string of the molecule is CCC(C)CC(CC)Nc1cccc(-n2cnnc2)c1. The fourth-order valence-corrected chi connectivity index (χ4v) is 2.31. The highest BCUT2D eigenvalue weighted by atomic mass is 15.2. The van der Waals surface area contributed by atoms with Crippen LogP contribution in [0.25, 0.3) is 5.69 Å². The second-order valence-electron chi connectivity index (χ2n) is 5.42. The molecule has 0 aliphatic carbocycles. The Hall–Kier alpha value is -1.84. The Labute approximate surface area is 121 Å². The van der Waals surface area contributed by atoms with Gasteiger partial charge in [-0.1, -0.05) is 33.3 Å². The highest BCUT2D eigenvalue weighted by molar-refractivity contribution is 5.51. The van der Waals surface area contributed by atoms with E-state index < -0.39 is 0 Å². The van der Waals surface area contributed by atoms with Crippen molar-refractivity contribution in [2.75, 3.05) is 5.32 Å². The van der Waals surface area contributed by atoms with Crippen LogP contribution in [-0.4, -0.2) is 20.8 Å². The topological polar surface area (TPSA) is 42.7 Å². The molecule has 1 aromatic heterocycles. The lowest BCUT2D eigenvalue weighted by molar-refractivity contribution is 0.462. The summed E-state index contributed by atoms with van der Waals surface area (Å²) in [7, 11) is 0. The van der Waals surface area contributed by atoms with Crippen LogP contribution in [-0.2, 0) is 0 Å². The minimum absolute atomic E-state index is 0.529. The minimum Gasteiger partial charge on any atom is -0.382 e. The molecule has 4 nitrogen and oxygen atoms in total. The van der Waals surface area contributed by atoms with E-state index in [0.29, 0.717) is 6.04 Å². The van der Waals surface area contributed by atoms with Gasteiger partial charge in [0.1, 0.15) is 12.7 Å². The van der Waals surface area contributed by atoms with Crippen molar-refractivity contribution in [2.45, 2.75) is 46.1 Å². The van der Waals surface area contributed by atoms with Crippen LogP contribution in [0.4, 0.5) is 5.69 Å². The first kappa shape index (κ1) is 14.6. The largest absolute Gasteiger partial charge is 0.382 e. The number of hydrogen-bond acceptors (Lipinski definition) is 3. The van der Waals surface area contributed by atoms with Gasteiger partial charge >= 0.3 is 0 Å². The van der Waals surface area contributed by atoms with Crippen LogP contribution in [0.3, 0.4) is 0 Å². The number of nitrogens with zero attached hydrogens (tertiary/aromatic N) is 3. The van der Waals surface area contributed by atoms with E-state index in [4.69, 9.17) is 0 Å². The van der Waals surface area contributed by atoms with E-state index >= 15 is 0 Å². The third-order valence-electron chi connectivity index (χ3n) is 3.81. The summed E-state index contributed by atoms with van der Waals surface area (Å²) in [6.45, 7) is 6.81. The smallest absolute Gasteiger partial charge is 0.123 e. The molecule has 1 aromatic carbocycles. The number of benzene rings is 1. The minimum atomic E-state index is 0.529. The van der Waals surface area contributed by atoms with Crippen LogP contribution < -0.4 is 5.32 Å². The Balaban J connectivity index is 2.07. The number of hydrogen-bond donors (Lipinski definition) is 1. The van der Waals surface area contributed by atoms with Gasteiger partial charge in [0, 0.05) is 11.7 Å². The Bertz CT molecular complexity index is 507. The van der Waals surface area contributed by atoms with E-state index in [9.17, 15) is 0 Å². The maximum Gasteiger partial charge on any atom is 0.123 e. The zero-order valence-corrected chi connectivity index (χ0v) is 12.6. The molecule has 0 amide bonds. The zero-order valence-electron chi connectivity index (χ0n) is 12.6. The Kier molecular flexibility index (Phi) is 5.16. The van der Waals surface area contributed by atoms with Crippen molar-refractivity contribution in [1.29, 1.82) is 0 Å². The van der Waals surface area contributed by atoms with Gasteiger partial charge in [-0.2, -0.15) is 0 Å². The third kappa shape index (κ3) is 3.83. The van der Waals surface area contributed by atoms with Crippen LogP contribution in [0.5, 0.6) is 0 Å². The van der Waals surface area contributed by atoms with Gasteiger partial charge in [0.2, 0.25) is 0 Å². The Morgan fingerprint density at radius 1 is 1.15 bits per heavy atom. The first-order chi connectivity index (χ1) is 9.72. The summed E-state index contributed by atoms with van der Waals surface area (Å²) in [5.74, 6) is 0.758. The van der Waals surface area contributed by atoms with Gasteiger partial charge in [-0.05, 0) is 37.0 Å². The lowest BCUT2D eigenvalue weighted by atomic mass is 9.97. The highest BCUT2D eigenvalue weighted by Crippen LogP contribution is 2.19. The van der Waals surface area contributed by atoms with Gasteiger partial charge in [0.25, 0.3) is 0 Å². The first-order valence-corrected chi connectivity index (χ1v) is 7.44. The van der Waals surface area contributed by atoms with Crippen molar-refractivity contribution in [2.24, 2.45) is 5.92 Å². The summed E-state index contributed by atoms with van der Waals surface area (Å²) in [4.78, 5) is 0. The molecule has 0 spiro atoms. The van der Waals surface area contributed by atoms with Crippen molar-refractivity contribution in [3.05, 3.63) is 36.9 Å². The average molecular weight is 272 g/mol. The summed E-state index contributed by atoms with van der Waals surface area (Å²) in [5.41, 5.74) is 2.24. The van der Waals surface area contributed by atoms with E-state index in [1.54, 1.807) is 12.7 Å². The second kappa shape index (κ2) is 7.08. The van der Waals surface area contributed by atoms with Crippen molar-refractivity contribution in [3.63, 3.8) is 0 Å². The number of aromatic nitrogens is 3. The predicted octanol–water partition coefficient (Wildman–Crippen LogP) is 3.89. The molecule has 0 bridgehead atoms. The molecule has 108 valence electrons. The summed E-state index contributed by atoms with van der Waals surface area (Å²) in [6, 6.07) is 8.91. The number of rotatable bonds is 7. The van der Waals surface area contributed by atoms with Crippen molar-refractivity contribution in [3.8, 4) is 5.69 Å². The standard InChI is InChI=1S/C16H24N4/c1-4-13(3)9-14(5-2)19-15-7-6-8-16(10-15)20-11-17-18-12-20/h6-8,10-14,19H,4-5,9H2,1-3H3. The van der Waals surface area contributed by atoms with E-state index in [2.05, 4.69) is 60.6 Å². The maximum atomic E-state index is 3.85. The molecule has 4 heteroatoms. The first-order valence-electron chi connectivity index (χ1n) is 7.44. The van der Waals surface area contributed by atoms with Gasteiger partial charge in [-0.25, -0.2) is 0 Å². The zero-order chi connectivity index (χ0) is 14.4. The average Bonchev–Trinajstić information content (AvgIpc) is 3.01. The van der Waals surface area contributed by atoms with Crippen LogP contribution in [0.15, 0.2) is 36.9 Å². The molecular formula is C16H24N4. The van der Waals surface area contributed by atoms with E-state index in [1.807, 2.05) is 4.57 Å². The molecule has 0 fully saturated rings. The van der Waals surface area contributed by atoms with Crippen LogP contribution in [0.1, 0.15) is 40.0 Å². The molecular weight excluding hydrogens is 248 g/mol. The Morgan fingerprint density at radius 3 is 2.55 bits per heavy atom. The molecule has 1 N–H and O–H groups in total. The molecule has 0 saturated carbocycles. The van der Waals surface area contributed by atoms with Gasteiger partial charge in [-0.15, -0.1) is 10.2 Å². The molecule has 0 aliphatic rings. The number of nitrogens with one attached hydrogen (secondary N) is 1. The second-order valence-corrected chi connectivity index (χ2v) is 5.42. The molecule has 2 aromatic rings. The third-order valence-corrected chi connectivity index (χ3v) is 3.81. The monoisotopic (exact) mass is 272 g/mol. The van der Waals surface area contributed by atoms with E-state index in [1.165, 1.54) is 12.8 Å². The summed E-state index contributed by atoms with van der Waals surface area (Å²) in [5, 5.41) is 11.3. The highest BCUT2D eigenvalue weighted by Gasteiger charge is 2.10. The van der Waals surface area contributed by atoms with Crippen LogP contribution in [0, 0.1) is 5.92 Å². The van der Waals surface area contributed by atoms with E-state index in [0.717, 1.165) is 23.7 Å². The van der Waals surface area contributed by atoms with Gasteiger partial charge in [-0.3, -0.25) is 4.57 Å². The number of anilines is 1. The normalized spacial score (nSPS) is 13.9. The quantitative estimate of drug-likeness (QED) is 0.831. The fourth-order valence-electron chi connectivity index (χ4n) is 2.31. The summed E-state index contributed by atoms with van der Waals surface area (Å²) < 4.78 is 1.92. The summed E-state index contributed by atoms with van der Waals surface area (Å²) >= 11 is 0. The lowest BCUT2D eigenvalue weighted by Gasteiger charge is -2.21. The van der Waals surface area contributed by atoms with Gasteiger partial charge < -0.3 is 5.32 Å². The van der Waals surface area contributed by atoms with Gasteiger partial charge in [0.15, 0.2) is 0 Å².